The Kier molecular flexibility index (Phi) is 12.6. The van der Waals surface area contributed by atoms with E-state index in [-0.39, 0.29) is 37.2 Å². The van der Waals surface area contributed by atoms with Crippen LogP contribution in [-0.4, -0.2) is 119 Å². The Balaban J connectivity index is 1.23. The molecule has 1 fully saturated rings. The lowest BCUT2D eigenvalue weighted by Crippen LogP contribution is -2.54. The molecule has 4 amide bonds. The van der Waals surface area contributed by atoms with Crippen LogP contribution in [0, 0.1) is 0 Å². The van der Waals surface area contributed by atoms with Crippen molar-refractivity contribution < 1.29 is 52.7 Å². The van der Waals surface area contributed by atoms with E-state index in [2.05, 4.69) is 5.32 Å². The van der Waals surface area contributed by atoms with E-state index < -0.39 is 29.7 Å². The number of hydrogen-bond donors (Lipinski definition) is 2. The lowest BCUT2D eigenvalue weighted by atomic mass is 10.0. The molecule has 2 N–H and O–H groups in total. The molecule has 0 bridgehead atoms. The maximum atomic E-state index is 12.8. The first-order chi connectivity index (χ1) is 18.5. The van der Waals surface area contributed by atoms with E-state index in [9.17, 15) is 19.2 Å². The summed E-state index contributed by atoms with van der Waals surface area (Å²) in [5, 5.41) is 10.7. The van der Waals surface area contributed by atoms with Crippen LogP contribution in [0.5, 0.6) is 5.75 Å². The number of imide groups is 2. The molecule has 0 radical (unpaired) electrons. The molecule has 2 heterocycles. The SMILES string of the molecule is O=C1CCC(N2C(=O)c3ccc(OCCOCCOCCOCCOCCOCCO)cc3C2=O)C(=O)N1. The summed E-state index contributed by atoms with van der Waals surface area (Å²) >= 11 is 0. The van der Waals surface area contributed by atoms with Crippen molar-refractivity contribution in [2.75, 3.05) is 79.3 Å². The third-order valence-electron chi connectivity index (χ3n) is 5.63. The molecule has 2 aliphatic rings. The van der Waals surface area contributed by atoms with E-state index in [4.69, 9.17) is 33.5 Å². The monoisotopic (exact) mass is 538 g/mol. The molecule has 0 aromatic heterocycles. The highest BCUT2D eigenvalue weighted by Crippen LogP contribution is 2.30. The minimum absolute atomic E-state index is 0.000376. The number of aliphatic hydroxyl groups excluding tert-OH is 1. The van der Waals surface area contributed by atoms with Crippen LogP contribution in [0.15, 0.2) is 18.2 Å². The molecule has 0 aliphatic carbocycles. The summed E-state index contributed by atoms with van der Waals surface area (Å²) in [6.45, 7) is 4.27. The summed E-state index contributed by atoms with van der Waals surface area (Å²) in [6.07, 6.45) is 0.169. The van der Waals surface area contributed by atoms with Crippen molar-refractivity contribution in [3.63, 3.8) is 0 Å². The number of piperidine rings is 1. The van der Waals surface area contributed by atoms with Gasteiger partial charge in [-0.2, -0.15) is 0 Å². The lowest BCUT2D eigenvalue weighted by molar-refractivity contribution is -0.136. The predicted octanol–water partition coefficient (Wildman–Crippen LogP) is -0.458. The fraction of sp³-hybridized carbons (Fsp3) is 0.600. The Bertz CT molecular complexity index is 955. The van der Waals surface area contributed by atoms with E-state index >= 15 is 0 Å². The summed E-state index contributed by atoms with van der Waals surface area (Å²) in [5.41, 5.74) is 0.355. The molecule has 13 nitrogen and oxygen atoms in total. The van der Waals surface area contributed by atoms with Gasteiger partial charge in [0.2, 0.25) is 11.8 Å². The topological polar surface area (TPSA) is 159 Å². The fourth-order valence-electron chi connectivity index (χ4n) is 3.80. The van der Waals surface area contributed by atoms with Gasteiger partial charge in [0.05, 0.1) is 83.8 Å². The van der Waals surface area contributed by atoms with Crippen LogP contribution in [0.2, 0.25) is 0 Å². The number of hydrogen-bond acceptors (Lipinski definition) is 11. The molecule has 210 valence electrons. The van der Waals surface area contributed by atoms with Gasteiger partial charge in [0.25, 0.3) is 11.8 Å². The standard InChI is InChI=1S/C25H34N2O11/c28-5-6-33-7-8-34-9-10-35-11-12-36-13-14-37-15-16-38-18-1-2-19-20(17-18)25(32)27(24(19)31)21-3-4-22(29)26-23(21)30/h1-2,17,21,28H,3-16H2,(H,26,29,30). The zero-order valence-electron chi connectivity index (χ0n) is 21.2. The average Bonchev–Trinajstić information content (AvgIpc) is 3.15. The van der Waals surface area contributed by atoms with Gasteiger partial charge in [0.1, 0.15) is 18.4 Å². The van der Waals surface area contributed by atoms with Gasteiger partial charge < -0.3 is 33.5 Å². The average molecular weight is 539 g/mol. The van der Waals surface area contributed by atoms with Crippen LogP contribution in [0.4, 0.5) is 0 Å². The van der Waals surface area contributed by atoms with Crippen LogP contribution >= 0.6 is 0 Å². The highest BCUT2D eigenvalue weighted by molar-refractivity contribution is 6.23. The van der Waals surface area contributed by atoms with Crippen molar-refractivity contribution in [2.24, 2.45) is 0 Å². The Hall–Kier alpha value is -2.94. The molecule has 38 heavy (non-hydrogen) atoms. The van der Waals surface area contributed by atoms with Crippen LogP contribution in [0.3, 0.4) is 0 Å². The summed E-state index contributed by atoms with van der Waals surface area (Å²) in [6, 6.07) is 3.54. The largest absolute Gasteiger partial charge is 0.491 e. The second kappa shape index (κ2) is 16.1. The third-order valence-corrected chi connectivity index (χ3v) is 5.63. The number of ether oxygens (including phenoxy) is 6. The quantitative estimate of drug-likeness (QED) is 0.173. The third kappa shape index (κ3) is 8.82. The first-order valence-corrected chi connectivity index (χ1v) is 12.5. The Morgan fingerprint density at radius 2 is 1.26 bits per heavy atom. The number of fused-ring (bicyclic) bond motifs is 1. The second-order valence-corrected chi connectivity index (χ2v) is 8.29. The van der Waals surface area contributed by atoms with Crippen molar-refractivity contribution in [3.8, 4) is 5.75 Å². The van der Waals surface area contributed by atoms with Crippen LogP contribution < -0.4 is 10.1 Å². The molecule has 13 heteroatoms. The Labute approximate surface area is 220 Å². The van der Waals surface area contributed by atoms with Gasteiger partial charge in [-0.1, -0.05) is 0 Å². The number of carbonyl (C=O) groups is 4. The Morgan fingerprint density at radius 1 is 0.737 bits per heavy atom. The second-order valence-electron chi connectivity index (χ2n) is 8.29. The van der Waals surface area contributed by atoms with Gasteiger partial charge in [-0.3, -0.25) is 29.4 Å². The van der Waals surface area contributed by atoms with Crippen molar-refractivity contribution in [2.45, 2.75) is 18.9 Å². The Morgan fingerprint density at radius 3 is 1.82 bits per heavy atom. The van der Waals surface area contributed by atoms with Crippen molar-refractivity contribution in [1.82, 2.24) is 10.2 Å². The van der Waals surface area contributed by atoms with Crippen LogP contribution in [0.1, 0.15) is 33.6 Å². The molecule has 3 rings (SSSR count). The fourth-order valence-corrected chi connectivity index (χ4v) is 3.80. The summed E-state index contributed by atoms with van der Waals surface area (Å²) in [7, 11) is 0. The smallest absolute Gasteiger partial charge is 0.262 e. The minimum Gasteiger partial charge on any atom is -0.491 e. The van der Waals surface area contributed by atoms with Crippen LogP contribution in [-0.2, 0) is 33.3 Å². The van der Waals surface area contributed by atoms with E-state index in [0.29, 0.717) is 71.8 Å². The summed E-state index contributed by atoms with van der Waals surface area (Å²) in [5.74, 6) is -1.82. The normalized spacial score (nSPS) is 17.2. The van der Waals surface area contributed by atoms with E-state index in [1.165, 1.54) is 12.1 Å². The van der Waals surface area contributed by atoms with Crippen molar-refractivity contribution >= 4 is 23.6 Å². The number of nitrogens with one attached hydrogen (secondary N) is 1. The minimum atomic E-state index is -1.01. The first-order valence-electron chi connectivity index (χ1n) is 12.5. The maximum absolute atomic E-state index is 12.8. The molecule has 1 aromatic carbocycles. The molecule has 1 saturated heterocycles. The maximum Gasteiger partial charge on any atom is 0.262 e. The number of amides is 4. The van der Waals surface area contributed by atoms with Gasteiger partial charge in [-0.25, -0.2) is 0 Å². The summed E-state index contributed by atoms with van der Waals surface area (Å²) in [4.78, 5) is 50.0. The van der Waals surface area contributed by atoms with Crippen molar-refractivity contribution in [3.05, 3.63) is 29.3 Å². The van der Waals surface area contributed by atoms with Crippen molar-refractivity contribution in [1.29, 1.82) is 0 Å². The number of nitrogens with zero attached hydrogens (tertiary/aromatic N) is 1. The predicted molar refractivity (Wildman–Crippen MR) is 130 cm³/mol. The number of aliphatic hydroxyl groups is 1. The van der Waals surface area contributed by atoms with Gasteiger partial charge in [-0.05, 0) is 24.6 Å². The number of benzene rings is 1. The molecule has 2 aliphatic heterocycles. The molecule has 0 saturated carbocycles. The van der Waals surface area contributed by atoms with Crippen LogP contribution in [0.25, 0.3) is 0 Å². The zero-order valence-corrected chi connectivity index (χ0v) is 21.2. The number of carbonyl (C=O) groups excluding carboxylic acids is 4. The lowest BCUT2D eigenvalue weighted by Gasteiger charge is -2.27. The van der Waals surface area contributed by atoms with Gasteiger partial charge >= 0.3 is 0 Å². The van der Waals surface area contributed by atoms with Gasteiger partial charge in [0, 0.05) is 6.42 Å². The molecule has 1 unspecified atom stereocenters. The zero-order chi connectivity index (χ0) is 27.2. The number of rotatable bonds is 19. The molecular formula is C25H34N2O11. The van der Waals surface area contributed by atoms with Gasteiger partial charge in [-0.15, -0.1) is 0 Å². The molecule has 1 atom stereocenters. The van der Waals surface area contributed by atoms with Gasteiger partial charge in [0.15, 0.2) is 0 Å². The molecular weight excluding hydrogens is 504 g/mol. The molecule has 1 aromatic rings. The van der Waals surface area contributed by atoms with E-state index in [0.717, 1.165) is 4.90 Å². The highest BCUT2D eigenvalue weighted by atomic mass is 16.6. The highest BCUT2D eigenvalue weighted by Gasteiger charge is 2.44. The summed E-state index contributed by atoms with van der Waals surface area (Å²) < 4.78 is 32.3. The first kappa shape index (κ1) is 29.6. The van der Waals surface area contributed by atoms with E-state index in [1.54, 1.807) is 6.07 Å². The molecule has 0 spiro atoms. The van der Waals surface area contributed by atoms with E-state index in [1.807, 2.05) is 0 Å².